The van der Waals surface area contributed by atoms with Crippen molar-refractivity contribution in [2.75, 3.05) is 0 Å². The van der Waals surface area contributed by atoms with Gasteiger partial charge in [0.25, 0.3) is 0 Å². The van der Waals surface area contributed by atoms with E-state index in [1.807, 2.05) is 42.8 Å². The van der Waals surface area contributed by atoms with E-state index in [4.69, 9.17) is 4.74 Å². The molecule has 6 nitrogen and oxygen atoms in total. The largest absolute Gasteiger partial charge is 0.460 e. The lowest BCUT2D eigenvalue weighted by molar-refractivity contribution is -0.155. The summed E-state index contributed by atoms with van der Waals surface area (Å²) in [6.45, 7) is 7.29. The molecule has 0 saturated heterocycles. The van der Waals surface area contributed by atoms with Crippen molar-refractivity contribution in [3.05, 3.63) is 30.1 Å². The zero-order chi connectivity index (χ0) is 17.9. The highest BCUT2D eigenvalue weighted by Gasteiger charge is 2.19. The Bertz CT molecular complexity index is 744. The van der Waals surface area contributed by atoms with E-state index in [1.165, 1.54) is 0 Å². The van der Waals surface area contributed by atoms with Gasteiger partial charge in [-0.15, -0.1) is 0 Å². The number of para-hydroxylation sites is 2. The zero-order valence-electron chi connectivity index (χ0n) is 14.9. The summed E-state index contributed by atoms with van der Waals surface area (Å²) in [5.41, 5.74) is 1.38. The molecule has 0 radical (unpaired) electrons. The first-order valence-corrected chi connectivity index (χ1v) is 8.10. The van der Waals surface area contributed by atoms with Gasteiger partial charge in [0.15, 0.2) is 0 Å². The first-order chi connectivity index (χ1) is 11.2. The van der Waals surface area contributed by atoms with Gasteiger partial charge in [-0.2, -0.15) is 0 Å². The third-order valence-corrected chi connectivity index (χ3v) is 3.56. The second kappa shape index (κ2) is 7.03. The van der Waals surface area contributed by atoms with Crippen molar-refractivity contribution in [2.45, 2.75) is 52.2 Å². The maximum atomic E-state index is 12.1. The number of fused-ring (bicyclic) bond motifs is 1. The van der Waals surface area contributed by atoms with E-state index in [9.17, 15) is 9.59 Å². The molecule has 1 heterocycles. The summed E-state index contributed by atoms with van der Waals surface area (Å²) in [5.74, 6) is 0.218. The van der Waals surface area contributed by atoms with Gasteiger partial charge in [0, 0.05) is 13.5 Å². The van der Waals surface area contributed by atoms with Crippen LogP contribution >= 0.6 is 0 Å². The second-order valence-corrected chi connectivity index (χ2v) is 6.89. The highest BCUT2D eigenvalue weighted by molar-refractivity contribution is 5.82. The lowest BCUT2D eigenvalue weighted by Crippen LogP contribution is -2.30. The van der Waals surface area contributed by atoms with Gasteiger partial charge in [-0.25, -0.2) is 4.98 Å². The molecule has 2 rings (SSSR count). The number of ether oxygens (including phenoxy) is 1. The molecule has 0 unspecified atom stereocenters. The number of hydrogen-bond donors (Lipinski definition) is 1. The Hall–Kier alpha value is -2.37. The Labute approximate surface area is 142 Å². The zero-order valence-corrected chi connectivity index (χ0v) is 14.9. The minimum atomic E-state index is -0.534. The topological polar surface area (TPSA) is 73.2 Å². The molecule has 0 bridgehead atoms. The molecule has 0 aliphatic carbocycles. The molecule has 0 spiro atoms. The number of carbonyl (C=O) groups excluding carboxylic acids is 2. The van der Waals surface area contributed by atoms with Crippen molar-refractivity contribution in [3.8, 4) is 0 Å². The highest BCUT2D eigenvalue weighted by Crippen LogP contribution is 2.19. The number of imidazole rings is 1. The van der Waals surface area contributed by atoms with Gasteiger partial charge in [-0.1, -0.05) is 12.1 Å². The van der Waals surface area contributed by atoms with Gasteiger partial charge in [-0.3, -0.25) is 9.59 Å². The summed E-state index contributed by atoms with van der Waals surface area (Å²) in [6, 6.07) is 7.58. The minimum Gasteiger partial charge on any atom is -0.460 e. The van der Waals surface area contributed by atoms with Gasteiger partial charge >= 0.3 is 5.97 Å². The molecule has 1 atom stereocenters. The van der Waals surface area contributed by atoms with Crippen LogP contribution in [0.25, 0.3) is 11.0 Å². The predicted octanol–water partition coefficient (Wildman–Crippen LogP) is 2.87. The third-order valence-electron chi connectivity index (χ3n) is 3.56. The van der Waals surface area contributed by atoms with E-state index < -0.39 is 5.60 Å². The minimum absolute atomic E-state index is 0.0678. The number of esters is 1. The van der Waals surface area contributed by atoms with E-state index in [0.29, 0.717) is 0 Å². The fourth-order valence-electron chi connectivity index (χ4n) is 2.54. The summed E-state index contributed by atoms with van der Waals surface area (Å²) >= 11 is 0. The van der Waals surface area contributed by atoms with Crippen molar-refractivity contribution in [2.24, 2.45) is 7.05 Å². The summed E-state index contributed by atoms with van der Waals surface area (Å²) in [4.78, 5) is 28.3. The molecule has 24 heavy (non-hydrogen) atoms. The van der Waals surface area contributed by atoms with Gasteiger partial charge in [0.2, 0.25) is 5.91 Å². The van der Waals surface area contributed by atoms with E-state index in [0.717, 1.165) is 16.9 Å². The first-order valence-electron chi connectivity index (χ1n) is 8.10. The Morgan fingerprint density at radius 1 is 1.25 bits per heavy atom. The lowest BCUT2D eigenvalue weighted by atomic mass is 10.2. The Kier molecular flexibility index (Phi) is 5.26. The fraction of sp³-hybridized carbons (Fsp3) is 0.500. The van der Waals surface area contributed by atoms with E-state index >= 15 is 0 Å². The quantitative estimate of drug-likeness (QED) is 0.855. The molecule has 1 aromatic carbocycles. The summed E-state index contributed by atoms with van der Waals surface area (Å²) in [5, 5.41) is 2.89. The van der Waals surface area contributed by atoms with Crippen LogP contribution in [-0.4, -0.2) is 27.0 Å². The molecule has 0 aliphatic heterocycles. The lowest BCUT2D eigenvalue weighted by Gasteiger charge is -2.19. The molecule has 0 aliphatic rings. The molecule has 0 fully saturated rings. The molecule has 6 heteroatoms. The number of benzene rings is 1. The number of carbonyl (C=O) groups is 2. The number of nitrogens with zero attached hydrogens (tertiary/aromatic N) is 2. The van der Waals surface area contributed by atoms with Crippen molar-refractivity contribution in [1.29, 1.82) is 0 Å². The van der Waals surface area contributed by atoms with Crippen LogP contribution in [0.2, 0.25) is 0 Å². The maximum absolute atomic E-state index is 12.1. The van der Waals surface area contributed by atoms with Crippen LogP contribution in [-0.2, 0) is 21.4 Å². The van der Waals surface area contributed by atoms with Crippen LogP contribution in [0.5, 0.6) is 0 Å². The van der Waals surface area contributed by atoms with Gasteiger partial charge in [-0.05, 0) is 39.8 Å². The Balaban J connectivity index is 1.93. The fourth-order valence-corrected chi connectivity index (χ4v) is 2.54. The number of rotatable bonds is 5. The standard InChI is InChI=1S/C18H25N3O3/c1-12(17-20-13-8-6-7-9-14(13)21(17)5)19-15(22)10-11-16(23)24-18(2,3)4/h6-9,12H,10-11H2,1-5H3,(H,19,22)/t12-/m1/s1. The van der Waals surface area contributed by atoms with Crippen molar-refractivity contribution < 1.29 is 14.3 Å². The SMILES string of the molecule is C[C@@H](NC(=O)CCC(=O)OC(C)(C)C)c1nc2ccccc2n1C. The van der Waals surface area contributed by atoms with E-state index in [-0.39, 0.29) is 30.8 Å². The summed E-state index contributed by atoms with van der Waals surface area (Å²) < 4.78 is 7.17. The average Bonchev–Trinajstić information content (AvgIpc) is 2.81. The van der Waals surface area contributed by atoms with Crippen LogP contribution in [0.1, 0.15) is 52.4 Å². The van der Waals surface area contributed by atoms with Crippen LogP contribution in [0.3, 0.4) is 0 Å². The molecule has 0 saturated carbocycles. The highest BCUT2D eigenvalue weighted by atomic mass is 16.6. The second-order valence-electron chi connectivity index (χ2n) is 6.89. The van der Waals surface area contributed by atoms with Crippen molar-refractivity contribution in [3.63, 3.8) is 0 Å². The van der Waals surface area contributed by atoms with Gasteiger partial charge in [0.05, 0.1) is 23.5 Å². The Morgan fingerprint density at radius 2 is 1.92 bits per heavy atom. The number of amides is 1. The van der Waals surface area contributed by atoms with E-state index in [1.54, 1.807) is 20.8 Å². The number of nitrogens with one attached hydrogen (secondary N) is 1. The molecule has 1 N–H and O–H groups in total. The molecular formula is C18H25N3O3. The van der Waals surface area contributed by atoms with Crippen LogP contribution in [0, 0.1) is 0 Å². The molecule has 130 valence electrons. The third kappa shape index (κ3) is 4.57. The first kappa shape index (κ1) is 18.0. The van der Waals surface area contributed by atoms with Crippen molar-refractivity contribution >= 4 is 22.9 Å². The van der Waals surface area contributed by atoms with Crippen LogP contribution in [0.15, 0.2) is 24.3 Å². The van der Waals surface area contributed by atoms with Gasteiger partial charge in [0.1, 0.15) is 11.4 Å². The van der Waals surface area contributed by atoms with Crippen LogP contribution in [0.4, 0.5) is 0 Å². The molecule has 1 amide bonds. The monoisotopic (exact) mass is 331 g/mol. The average molecular weight is 331 g/mol. The summed E-state index contributed by atoms with van der Waals surface area (Å²) in [6.07, 6.45) is 0.168. The number of hydrogen-bond acceptors (Lipinski definition) is 4. The molecule has 1 aromatic heterocycles. The normalized spacial score (nSPS) is 12.9. The summed E-state index contributed by atoms with van der Waals surface area (Å²) in [7, 11) is 1.92. The Morgan fingerprint density at radius 3 is 2.54 bits per heavy atom. The number of aromatic nitrogens is 2. The molecule has 2 aromatic rings. The number of aryl methyl sites for hydroxylation is 1. The molecular weight excluding hydrogens is 306 g/mol. The van der Waals surface area contributed by atoms with Crippen LogP contribution < -0.4 is 5.32 Å². The maximum Gasteiger partial charge on any atom is 0.306 e. The van der Waals surface area contributed by atoms with Crippen molar-refractivity contribution in [1.82, 2.24) is 14.9 Å². The predicted molar refractivity (Wildman–Crippen MR) is 92.4 cm³/mol. The smallest absolute Gasteiger partial charge is 0.306 e. The van der Waals surface area contributed by atoms with Gasteiger partial charge < -0.3 is 14.6 Å². The van der Waals surface area contributed by atoms with E-state index in [2.05, 4.69) is 10.3 Å².